The van der Waals surface area contributed by atoms with Crippen LogP contribution in [-0.2, 0) is 6.54 Å². The zero-order valence-corrected chi connectivity index (χ0v) is 15.9. The van der Waals surface area contributed by atoms with E-state index in [0.29, 0.717) is 26.7 Å². The first kappa shape index (κ1) is 20.0. The Morgan fingerprint density at radius 1 is 1.04 bits per heavy atom. The number of hydrogen-bond donors (Lipinski definition) is 2. The average Bonchev–Trinajstić information content (AvgIpc) is 2.76. The Kier molecular flexibility index (Phi) is 7.12. The highest BCUT2D eigenvalue weighted by Crippen LogP contribution is 2.34. The van der Waals surface area contributed by atoms with Crippen LogP contribution in [0.5, 0.6) is 5.75 Å². The molecule has 1 aliphatic heterocycles. The lowest BCUT2D eigenvalue weighted by Crippen LogP contribution is -2.35. The molecule has 4 rings (SSSR count). The van der Waals surface area contributed by atoms with Crippen molar-refractivity contribution in [3.8, 4) is 16.9 Å². The molecule has 0 aliphatic carbocycles. The van der Waals surface area contributed by atoms with Gasteiger partial charge in [-0.3, -0.25) is 9.37 Å². The van der Waals surface area contributed by atoms with Crippen LogP contribution in [0.4, 0.5) is 4.39 Å². The molecule has 3 aromatic rings. The van der Waals surface area contributed by atoms with Gasteiger partial charge in [0.15, 0.2) is 0 Å². The van der Waals surface area contributed by atoms with Gasteiger partial charge in [-0.1, -0.05) is 48.5 Å². The van der Waals surface area contributed by atoms with Gasteiger partial charge in [0.2, 0.25) is 0 Å². The van der Waals surface area contributed by atoms with Gasteiger partial charge < -0.3 is 15.2 Å². The van der Waals surface area contributed by atoms with Crippen molar-refractivity contribution < 1.29 is 14.2 Å². The van der Waals surface area contributed by atoms with Crippen LogP contribution in [0.3, 0.4) is 0 Å². The van der Waals surface area contributed by atoms with Crippen molar-refractivity contribution in [3.05, 3.63) is 84.2 Å². The molecule has 2 aromatic carbocycles. The fraction of sp³-hybridized carbons (Fsp3) is 0.261. The molecule has 4 nitrogen and oxygen atoms in total. The third-order valence-corrected chi connectivity index (χ3v) is 4.66. The number of nitrogens with one attached hydrogen (secondary N) is 1. The number of pyridine rings is 1. The molecule has 1 aliphatic rings. The number of hydrogen-bond acceptors (Lipinski definition) is 4. The summed E-state index contributed by atoms with van der Waals surface area (Å²) in [5, 5.41) is 13.7. The minimum atomic E-state index is -0.463. The van der Waals surface area contributed by atoms with Crippen LogP contribution in [0.15, 0.2) is 73.1 Å². The summed E-state index contributed by atoms with van der Waals surface area (Å²) in [6, 6.07) is 20.1. The van der Waals surface area contributed by atoms with Gasteiger partial charge in [-0.2, -0.15) is 0 Å². The lowest BCUT2D eigenvalue weighted by Gasteiger charge is -2.29. The zero-order chi connectivity index (χ0) is 19.8. The molecule has 0 amide bonds. The van der Waals surface area contributed by atoms with Gasteiger partial charge in [0, 0.05) is 43.0 Å². The molecule has 2 N–H and O–H groups in total. The van der Waals surface area contributed by atoms with Gasteiger partial charge in [0.25, 0.3) is 0 Å². The Hall–Kier alpha value is -2.76. The van der Waals surface area contributed by atoms with Crippen molar-refractivity contribution >= 4 is 0 Å². The van der Waals surface area contributed by atoms with Crippen molar-refractivity contribution in [1.82, 2.24) is 10.3 Å². The molecular formula is C23H25FN2O2. The van der Waals surface area contributed by atoms with Gasteiger partial charge in [0.05, 0.1) is 13.3 Å². The average molecular weight is 380 g/mol. The minimum Gasteiger partial charge on any atom is -0.489 e. The standard InChI is InChI=1S/C22H22N2O2.CH3F/c25-21-11-19(26-22-9-5-4-8-20(21)22)15-24-13-16-10-18(14-23-12-16)17-6-2-1-3-7-17;1-2/h1-10,12,14,19,21,24-25H,11,13,15H2;1H3/t19-,21-;/m1./s1. The minimum absolute atomic E-state index is 0.0369. The SMILES string of the molecule is CF.O[C@@H]1C[C@H](CNCc2cncc(-c3ccccc3)c2)Oc2ccccc21. The predicted molar refractivity (Wildman–Crippen MR) is 109 cm³/mol. The molecule has 2 heterocycles. The van der Waals surface area contributed by atoms with E-state index in [4.69, 9.17) is 4.74 Å². The second-order valence-electron chi connectivity index (χ2n) is 6.61. The first-order chi connectivity index (χ1) is 13.8. The number of nitrogens with zero attached hydrogens (tertiary/aromatic N) is 1. The summed E-state index contributed by atoms with van der Waals surface area (Å²) in [5.74, 6) is 0.783. The van der Waals surface area contributed by atoms with E-state index in [1.54, 1.807) is 0 Å². The lowest BCUT2D eigenvalue weighted by atomic mass is 9.99. The first-order valence-corrected chi connectivity index (χ1v) is 9.31. The van der Waals surface area contributed by atoms with Crippen LogP contribution in [0.25, 0.3) is 11.1 Å². The number of aliphatic hydroxyl groups is 1. The number of rotatable bonds is 5. The molecule has 2 atom stereocenters. The number of benzene rings is 2. The number of fused-ring (bicyclic) bond motifs is 1. The maximum atomic E-state index is 10.3. The smallest absolute Gasteiger partial charge is 0.125 e. The highest BCUT2D eigenvalue weighted by Gasteiger charge is 2.26. The summed E-state index contributed by atoms with van der Waals surface area (Å²) in [7, 11) is 0.500. The number of ether oxygens (including phenoxy) is 1. The van der Waals surface area contributed by atoms with Crippen molar-refractivity contribution in [2.75, 3.05) is 13.7 Å². The van der Waals surface area contributed by atoms with E-state index < -0.39 is 6.10 Å². The Morgan fingerprint density at radius 2 is 1.79 bits per heavy atom. The largest absolute Gasteiger partial charge is 0.489 e. The molecule has 0 bridgehead atoms. The van der Waals surface area contributed by atoms with E-state index in [1.165, 1.54) is 0 Å². The Labute approximate surface area is 165 Å². The van der Waals surface area contributed by atoms with Crippen LogP contribution in [0, 0.1) is 0 Å². The van der Waals surface area contributed by atoms with E-state index >= 15 is 0 Å². The third kappa shape index (κ3) is 4.94. The number of para-hydroxylation sites is 1. The predicted octanol–water partition coefficient (Wildman–Crippen LogP) is 4.31. The summed E-state index contributed by atoms with van der Waals surface area (Å²) in [6.07, 6.45) is 3.87. The Morgan fingerprint density at radius 3 is 2.61 bits per heavy atom. The number of aliphatic hydroxyl groups excluding tert-OH is 1. The highest BCUT2D eigenvalue weighted by atomic mass is 19.1. The van der Waals surface area contributed by atoms with Crippen molar-refractivity contribution in [2.24, 2.45) is 0 Å². The van der Waals surface area contributed by atoms with Crippen molar-refractivity contribution in [2.45, 2.75) is 25.2 Å². The number of alkyl halides is 1. The van der Waals surface area contributed by atoms with Crippen molar-refractivity contribution in [1.29, 1.82) is 0 Å². The molecule has 0 saturated carbocycles. The second kappa shape index (κ2) is 9.97. The molecule has 28 heavy (non-hydrogen) atoms. The van der Waals surface area contributed by atoms with Crippen LogP contribution in [-0.4, -0.2) is 29.9 Å². The van der Waals surface area contributed by atoms with Crippen LogP contribution >= 0.6 is 0 Å². The normalized spacial score (nSPS) is 17.7. The van der Waals surface area contributed by atoms with Crippen LogP contribution < -0.4 is 10.1 Å². The molecule has 146 valence electrons. The van der Waals surface area contributed by atoms with Crippen LogP contribution in [0.2, 0.25) is 0 Å². The van der Waals surface area contributed by atoms with Gasteiger partial charge in [-0.25, -0.2) is 0 Å². The molecule has 0 unspecified atom stereocenters. The summed E-state index contributed by atoms with van der Waals surface area (Å²) in [6.45, 7) is 1.40. The summed E-state index contributed by atoms with van der Waals surface area (Å²) in [5.41, 5.74) is 4.28. The van der Waals surface area contributed by atoms with E-state index in [1.807, 2.05) is 54.9 Å². The Bertz CT molecular complexity index is 873. The summed E-state index contributed by atoms with van der Waals surface area (Å²) >= 11 is 0. The molecular weight excluding hydrogens is 355 g/mol. The molecule has 1 aromatic heterocycles. The first-order valence-electron chi connectivity index (χ1n) is 9.31. The van der Waals surface area contributed by atoms with E-state index in [-0.39, 0.29) is 6.10 Å². The van der Waals surface area contributed by atoms with Gasteiger partial charge in [0.1, 0.15) is 11.9 Å². The topological polar surface area (TPSA) is 54.4 Å². The molecule has 5 heteroatoms. The maximum absolute atomic E-state index is 10.3. The number of halogens is 1. The maximum Gasteiger partial charge on any atom is 0.125 e. The number of aromatic nitrogens is 1. The molecule has 0 spiro atoms. The van der Waals surface area contributed by atoms with Crippen molar-refractivity contribution in [3.63, 3.8) is 0 Å². The summed E-state index contributed by atoms with van der Waals surface area (Å²) < 4.78 is 15.5. The molecule has 0 fully saturated rings. The van der Waals surface area contributed by atoms with E-state index in [2.05, 4.69) is 28.5 Å². The fourth-order valence-electron chi connectivity index (χ4n) is 3.34. The molecule has 0 saturated heterocycles. The Balaban J connectivity index is 0.00000109. The fourth-order valence-corrected chi connectivity index (χ4v) is 3.34. The van der Waals surface area contributed by atoms with E-state index in [9.17, 15) is 9.50 Å². The van der Waals surface area contributed by atoms with Gasteiger partial charge in [-0.05, 0) is 23.3 Å². The lowest BCUT2D eigenvalue weighted by molar-refractivity contribution is 0.0657. The third-order valence-electron chi connectivity index (χ3n) is 4.66. The van der Waals surface area contributed by atoms with Gasteiger partial charge >= 0.3 is 0 Å². The zero-order valence-electron chi connectivity index (χ0n) is 15.9. The van der Waals surface area contributed by atoms with E-state index in [0.717, 1.165) is 28.0 Å². The van der Waals surface area contributed by atoms with Crippen LogP contribution in [0.1, 0.15) is 23.7 Å². The molecule has 0 radical (unpaired) electrons. The highest BCUT2D eigenvalue weighted by molar-refractivity contribution is 5.62. The van der Waals surface area contributed by atoms with Gasteiger partial charge in [-0.15, -0.1) is 0 Å². The summed E-state index contributed by atoms with van der Waals surface area (Å²) in [4.78, 5) is 4.36. The monoisotopic (exact) mass is 380 g/mol. The quantitative estimate of drug-likeness (QED) is 0.693. The second-order valence-corrected chi connectivity index (χ2v) is 6.61.